The third-order valence-corrected chi connectivity index (χ3v) is 7.50. The molecule has 0 N–H and O–H groups in total. The predicted molar refractivity (Wildman–Crippen MR) is 117 cm³/mol. The van der Waals surface area contributed by atoms with Crippen LogP contribution in [-0.2, 0) is 16.6 Å². The van der Waals surface area contributed by atoms with Crippen molar-refractivity contribution in [3.8, 4) is 11.5 Å². The molecule has 8 heteroatoms. The number of oxazole rings is 1. The number of sulfonamides is 1. The van der Waals surface area contributed by atoms with Gasteiger partial charge in [-0.05, 0) is 49.7 Å². The highest BCUT2D eigenvalue weighted by atomic mass is 35.5. The van der Waals surface area contributed by atoms with Crippen molar-refractivity contribution in [2.45, 2.75) is 25.3 Å². The zero-order valence-electron chi connectivity index (χ0n) is 17.0. The van der Waals surface area contributed by atoms with E-state index in [0.29, 0.717) is 43.6 Å². The Bertz CT molecular complexity index is 1130. The van der Waals surface area contributed by atoms with Crippen LogP contribution in [0.2, 0.25) is 5.02 Å². The zero-order chi connectivity index (χ0) is 21.3. The Balaban J connectivity index is 1.38. The van der Waals surface area contributed by atoms with Gasteiger partial charge < -0.3 is 4.42 Å². The van der Waals surface area contributed by atoms with Crippen LogP contribution in [-0.4, -0.2) is 48.8 Å². The van der Waals surface area contributed by atoms with E-state index in [2.05, 4.69) is 22.9 Å². The van der Waals surface area contributed by atoms with E-state index < -0.39 is 10.0 Å². The maximum absolute atomic E-state index is 12.8. The first-order valence-corrected chi connectivity index (χ1v) is 11.6. The fourth-order valence-electron chi connectivity index (χ4n) is 3.67. The number of aromatic nitrogens is 1. The molecule has 0 spiro atoms. The Hall–Kier alpha value is -2.19. The van der Waals surface area contributed by atoms with Crippen LogP contribution in [0.3, 0.4) is 0 Å². The molecule has 0 aliphatic carbocycles. The summed E-state index contributed by atoms with van der Waals surface area (Å²) in [5, 5.41) is 0.520. The summed E-state index contributed by atoms with van der Waals surface area (Å²) in [5.74, 6) is 0.617. The Morgan fingerprint density at radius 1 is 1.03 bits per heavy atom. The van der Waals surface area contributed by atoms with Gasteiger partial charge in [0.1, 0.15) is 6.26 Å². The Morgan fingerprint density at radius 3 is 2.40 bits per heavy atom. The van der Waals surface area contributed by atoms with Crippen LogP contribution in [0, 0.1) is 13.8 Å². The summed E-state index contributed by atoms with van der Waals surface area (Å²) < 4.78 is 32.9. The molecule has 2 heterocycles. The second-order valence-corrected chi connectivity index (χ2v) is 9.97. The number of piperazine rings is 1. The average molecular weight is 446 g/mol. The molecule has 1 saturated heterocycles. The fourth-order valence-corrected chi connectivity index (χ4v) is 5.22. The van der Waals surface area contributed by atoms with Gasteiger partial charge >= 0.3 is 0 Å². The lowest BCUT2D eigenvalue weighted by Crippen LogP contribution is -2.48. The first-order valence-electron chi connectivity index (χ1n) is 9.83. The van der Waals surface area contributed by atoms with Crippen molar-refractivity contribution < 1.29 is 12.8 Å². The molecule has 0 atom stereocenters. The number of hydrogen-bond acceptors (Lipinski definition) is 5. The molecule has 0 radical (unpaired) electrons. The molecule has 6 nitrogen and oxygen atoms in total. The molecule has 0 unspecified atom stereocenters. The van der Waals surface area contributed by atoms with Crippen molar-refractivity contribution in [1.82, 2.24) is 14.2 Å². The van der Waals surface area contributed by atoms with E-state index in [9.17, 15) is 8.42 Å². The molecular weight excluding hydrogens is 422 g/mol. The molecule has 3 aromatic rings. The van der Waals surface area contributed by atoms with Crippen molar-refractivity contribution >= 4 is 21.6 Å². The maximum atomic E-state index is 12.8. The summed E-state index contributed by atoms with van der Waals surface area (Å²) in [6, 6.07) is 12.5. The van der Waals surface area contributed by atoms with Crippen molar-refractivity contribution in [2.75, 3.05) is 26.2 Å². The van der Waals surface area contributed by atoms with Crippen LogP contribution in [0.5, 0.6) is 0 Å². The molecule has 1 fully saturated rings. The van der Waals surface area contributed by atoms with Gasteiger partial charge in [-0.15, -0.1) is 0 Å². The number of rotatable bonds is 5. The van der Waals surface area contributed by atoms with Gasteiger partial charge in [-0.3, -0.25) is 4.90 Å². The third kappa shape index (κ3) is 4.44. The lowest BCUT2D eigenvalue weighted by Gasteiger charge is -2.33. The van der Waals surface area contributed by atoms with Crippen LogP contribution in [0.1, 0.15) is 16.8 Å². The van der Waals surface area contributed by atoms with Crippen molar-refractivity contribution in [2.24, 2.45) is 0 Å². The number of halogens is 1. The van der Waals surface area contributed by atoms with E-state index in [4.69, 9.17) is 16.0 Å². The van der Waals surface area contributed by atoms with Gasteiger partial charge in [0.2, 0.25) is 15.9 Å². The predicted octanol–water partition coefficient (Wildman–Crippen LogP) is 4.12. The first-order chi connectivity index (χ1) is 14.3. The molecule has 1 aromatic heterocycles. The third-order valence-electron chi connectivity index (χ3n) is 5.33. The highest BCUT2D eigenvalue weighted by Gasteiger charge is 2.28. The minimum atomic E-state index is -3.50. The van der Waals surface area contributed by atoms with Crippen LogP contribution in [0.25, 0.3) is 11.5 Å². The quantitative estimate of drug-likeness (QED) is 0.591. The molecule has 2 aromatic carbocycles. The molecule has 158 valence electrons. The van der Waals surface area contributed by atoms with Crippen LogP contribution in [0.15, 0.2) is 58.0 Å². The summed E-state index contributed by atoms with van der Waals surface area (Å²) in [6.07, 6.45) is 1.69. The van der Waals surface area contributed by atoms with Crippen molar-refractivity contribution in [1.29, 1.82) is 0 Å². The molecule has 1 aliphatic heterocycles. The standard InChI is InChI=1S/C22H24ClN3O3S/c1-16-3-8-21(17(2)13-16)22-24-19(15-29-22)14-25-9-11-26(12-10-25)30(27,28)20-6-4-18(23)5-7-20/h3-8,13,15H,9-12,14H2,1-2H3. The van der Waals surface area contributed by atoms with Gasteiger partial charge in [-0.1, -0.05) is 29.3 Å². The van der Waals surface area contributed by atoms with E-state index in [1.807, 2.05) is 19.1 Å². The number of hydrogen-bond donors (Lipinski definition) is 0. The molecule has 1 aliphatic rings. The average Bonchev–Trinajstić information content (AvgIpc) is 3.17. The van der Waals surface area contributed by atoms with Crippen LogP contribution >= 0.6 is 11.6 Å². The molecule has 0 saturated carbocycles. The second-order valence-electron chi connectivity index (χ2n) is 7.60. The number of benzene rings is 2. The number of nitrogens with zero attached hydrogens (tertiary/aromatic N) is 3. The first kappa shape index (κ1) is 21.1. The monoisotopic (exact) mass is 445 g/mol. The van der Waals surface area contributed by atoms with E-state index in [1.54, 1.807) is 30.5 Å². The highest BCUT2D eigenvalue weighted by Crippen LogP contribution is 2.25. The van der Waals surface area contributed by atoms with Gasteiger partial charge in [-0.2, -0.15) is 4.31 Å². The normalized spacial score (nSPS) is 16.1. The zero-order valence-corrected chi connectivity index (χ0v) is 18.6. The fraction of sp³-hybridized carbons (Fsp3) is 0.318. The van der Waals surface area contributed by atoms with E-state index >= 15 is 0 Å². The van der Waals surface area contributed by atoms with Gasteiger partial charge in [0, 0.05) is 43.3 Å². The summed E-state index contributed by atoms with van der Waals surface area (Å²) >= 11 is 5.87. The molecule has 4 rings (SSSR count). The smallest absolute Gasteiger partial charge is 0.243 e. The lowest BCUT2D eigenvalue weighted by atomic mass is 10.1. The summed E-state index contributed by atoms with van der Waals surface area (Å²) in [7, 11) is -3.50. The maximum Gasteiger partial charge on any atom is 0.243 e. The molecule has 0 bridgehead atoms. The second kappa shape index (κ2) is 8.51. The topological polar surface area (TPSA) is 66.7 Å². The Morgan fingerprint density at radius 2 is 1.73 bits per heavy atom. The summed E-state index contributed by atoms with van der Waals surface area (Å²) in [5.41, 5.74) is 4.17. The lowest BCUT2D eigenvalue weighted by molar-refractivity contribution is 0.180. The minimum Gasteiger partial charge on any atom is -0.444 e. The highest BCUT2D eigenvalue weighted by molar-refractivity contribution is 7.89. The van der Waals surface area contributed by atoms with Crippen molar-refractivity contribution in [3.63, 3.8) is 0 Å². The summed E-state index contributed by atoms with van der Waals surface area (Å²) in [4.78, 5) is 7.10. The van der Waals surface area contributed by atoms with Gasteiger partial charge in [0.15, 0.2) is 0 Å². The van der Waals surface area contributed by atoms with Gasteiger partial charge in [0.25, 0.3) is 0 Å². The number of aryl methyl sites for hydroxylation is 2. The largest absolute Gasteiger partial charge is 0.444 e. The van der Waals surface area contributed by atoms with Crippen LogP contribution in [0.4, 0.5) is 0 Å². The molecular formula is C22H24ClN3O3S. The molecule has 0 amide bonds. The van der Waals surface area contributed by atoms with Gasteiger partial charge in [-0.25, -0.2) is 13.4 Å². The minimum absolute atomic E-state index is 0.273. The molecule has 30 heavy (non-hydrogen) atoms. The Labute approximate surface area is 182 Å². The SMILES string of the molecule is Cc1ccc(-c2nc(CN3CCN(S(=O)(=O)c4ccc(Cl)cc4)CC3)co2)c(C)c1. The Kier molecular flexibility index (Phi) is 5.97. The van der Waals surface area contributed by atoms with E-state index in [-0.39, 0.29) is 4.90 Å². The van der Waals surface area contributed by atoms with Crippen LogP contribution < -0.4 is 0 Å². The van der Waals surface area contributed by atoms with E-state index in [1.165, 1.54) is 9.87 Å². The van der Waals surface area contributed by atoms with Gasteiger partial charge in [0.05, 0.1) is 10.6 Å². The van der Waals surface area contributed by atoms with E-state index in [0.717, 1.165) is 16.8 Å². The van der Waals surface area contributed by atoms with Crippen molar-refractivity contribution in [3.05, 3.63) is 70.6 Å². The summed E-state index contributed by atoms with van der Waals surface area (Å²) in [6.45, 7) is 6.89.